The summed E-state index contributed by atoms with van der Waals surface area (Å²) in [6, 6.07) is 15.2. The molecule has 132 valence electrons. The second kappa shape index (κ2) is 6.63. The molecule has 0 saturated heterocycles. The number of anilines is 1. The van der Waals surface area contributed by atoms with Gasteiger partial charge in [0.15, 0.2) is 17.6 Å². The Morgan fingerprint density at radius 1 is 1.19 bits per heavy atom. The quantitative estimate of drug-likeness (QED) is 0.757. The lowest BCUT2D eigenvalue weighted by Gasteiger charge is -2.07. The maximum Gasteiger partial charge on any atom is 0.273 e. The molecule has 26 heavy (non-hydrogen) atoms. The van der Waals surface area contributed by atoms with Crippen molar-refractivity contribution in [2.75, 3.05) is 5.32 Å². The van der Waals surface area contributed by atoms with Gasteiger partial charge in [0.1, 0.15) is 11.2 Å². The van der Waals surface area contributed by atoms with E-state index in [1.54, 1.807) is 12.1 Å². The van der Waals surface area contributed by atoms with Crippen LogP contribution in [0, 0.1) is 0 Å². The summed E-state index contributed by atoms with van der Waals surface area (Å²) in [5.41, 5.74) is 3.46. The van der Waals surface area contributed by atoms with Crippen LogP contribution >= 0.6 is 0 Å². The molecular formula is C20H19N3O3. The lowest BCUT2D eigenvalue weighted by molar-refractivity contribution is -0.110. The fourth-order valence-corrected chi connectivity index (χ4v) is 2.83. The topological polar surface area (TPSA) is 76.7 Å². The van der Waals surface area contributed by atoms with Gasteiger partial charge in [-0.1, -0.05) is 49.3 Å². The van der Waals surface area contributed by atoms with E-state index in [-0.39, 0.29) is 17.9 Å². The van der Waals surface area contributed by atoms with Gasteiger partial charge in [-0.15, -0.1) is 0 Å². The lowest BCUT2D eigenvalue weighted by Crippen LogP contribution is -2.21. The highest BCUT2D eigenvalue weighted by atomic mass is 16.6. The van der Waals surface area contributed by atoms with Gasteiger partial charge >= 0.3 is 0 Å². The van der Waals surface area contributed by atoms with E-state index in [0.717, 1.165) is 11.1 Å². The van der Waals surface area contributed by atoms with Gasteiger partial charge in [-0.3, -0.25) is 4.79 Å². The third-order valence-corrected chi connectivity index (χ3v) is 4.26. The molecule has 6 heteroatoms. The minimum atomic E-state index is -0.268. The monoisotopic (exact) mass is 349 g/mol. The van der Waals surface area contributed by atoms with Crippen molar-refractivity contribution in [2.45, 2.75) is 32.3 Å². The molecule has 0 fully saturated rings. The fraction of sp³-hybridized carbons (Fsp3) is 0.250. The lowest BCUT2D eigenvalue weighted by atomic mass is 10.0. The molecule has 1 atom stereocenters. The molecule has 1 aliphatic rings. The van der Waals surface area contributed by atoms with Gasteiger partial charge in [0.05, 0.1) is 0 Å². The van der Waals surface area contributed by atoms with E-state index >= 15 is 0 Å². The first-order valence-corrected chi connectivity index (χ1v) is 8.59. The van der Waals surface area contributed by atoms with E-state index in [9.17, 15) is 4.79 Å². The summed E-state index contributed by atoms with van der Waals surface area (Å²) in [4.78, 5) is 22.3. The normalized spacial score (nSPS) is 16.6. The number of nitrogens with zero attached hydrogens (tertiary/aromatic N) is 2. The second-order valence-corrected chi connectivity index (χ2v) is 6.59. The minimum Gasteiger partial charge on any atom is -0.440 e. The molecule has 1 aromatic heterocycles. The van der Waals surface area contributed by atoms with Crippen LogP contribution in [0.25, 0.3) is 11.1 Å². The van der Waals surface area contributed by atoms with Gasteiger partial charge in [0.2, 0.25) is 0 Å². The SMILES string of the molecule is CC(C)c1nc2cc(NC(=O)C3=NOC(c4ccccc4)C3)ccc2o1. The van der Waals surface area contributed by atoms with Gasteiger partial charge in [-0.25, -0.2) is 4.98 Å². The average Bonchev–Trinajstić information content (AvgIpc) is 3.29. The van der Waals surface area contributed by atoms with E-state index < -0.39 is 0 Å². The van der Waals surface area contributed by atoms with Crippen molar-refractivity contribution < 1.29 is 14.0 Å². The van der Waals surface area contributed by atoms with Gasteiger partial charge in [0.25, 0.3) is 5.91 Å². The molecule has 0 spiro atoms. The van der Waals surface area contributed by atoms with Crippen LogP contribution in [0.3, 0.4) is 0 Å². The molecule has 2 aromatic carbocycles. The molecule has 1 aliphatic heterocycles. The molecule has 2 heterocycles. The molecule has 0 radical (unpaired) electrons. The van der Waals surface area contributed by atoms with Crippen molar-refractivity contribution in [3.05, 3.63) is 60.0 Å². The predicted molar refractivity (Wildman–Crippen MR) is 99.0 cm³/mol. The number of aromatic nitrogens is 1. The summed E-state index contributed by atoms with van der Waals surface area (Å²) in [6.07, 6.45) is 0.225. The highest BCUT2D eigenvalue weighted by molar-refractivity contribution is 6.43. The van der Waals surface area contributed by atoms with Crippen LogP contribution < -0.4 is 5.32 Å². The third kappa shape index (κ3) is 3.18. The maximum absolute atomic E-state index is 12.5. The first-order valence-electron chi connectivity index (χ1n) is 8.59. The molecule has 3 aromatic rings. The molecule has 1 N–H and O–H groups in total. The summed E-state index contributed by atoms with van der Waals surface area (Å²) >= 11 is 0. The number of oxazole rings is 1. The highest BCUT2D eigenvalue weighted by Gasteiger charge is 2.27. The fourth-order valence-electron chi connectivity index (χ4n) is 2.83. The average molecular weight is 349 g/mol. The molecule has 0 aliphatic carbocycles. The van der Waals surface area contributed by atoms with Crippen LogP contribution in [0.15, 0.2) is 58.1 Å². The van der Waals surface area contributed by atoms with Gasteiger partial charge in [0, 0.05) is 18.0 Å². The molecule has 1 unspecified atom stereocenters. The number of oxime groups is 1. The zero-order valence-corrected chi connectivity index (χ0v) is 14.6. The molecular weight excluding hydrogens is 330 g/mol. The molecule has 0 saturated carbocycles. The Morgan fingerprint density at radius 3 is 2.77 bits per heavy atom. The number of carbonyl (C=O) groups is 1. The van der Waals surface area contributed by atoms with Crippen molar-refractivity contribution in [3.8, 4) is 0 Å². The minimum absolute atomic E-state index is 0.209. The number of benzene rings is 2. The third-order valence-electron chi connectivity index (χ3n) is 4.26. The molecule has 1 amide bonds. The molecule has 0 bridgehead atoms. The van der Waals surface area contributed by atoms with E-state index in [1.165, 1.54) is 0 Å². The first-order chi connectivity index (χ1) is 12.6. The Balaban J connectivity index is 1.46. The maximum atomic E-state index is 12.5. The Hall–Kier alpha value is -3.15. The van der Waals surface area contributed by atoms with Crippen LogP contribution in [-0.2, 0) is 9.63 Å². The number of carbonyl (C=O) groups excluding carboxylic acids is 1. The summed E-state index contributed by atoms with van der Waals surface area (Å²) < 4.78 is 5.68. The predicted octanol–water partition coefficient (Wildman–Crippen LogP) is 4.41. The smallest absolute Gasteiger partial charge is 0.273 e. The largest absolute Gasteiger partial charge is 0.440 e. The zero-order chi connectivity index (χ0) is 18.1. The summed E-state index contributed by atoms with van der Waals surface area (Å²) in [5, 5.41) is 6.80. The molecule has 6 nitrogen and oxygen atoms in total. The van der Waals surface area contributed by atoms with Crippen LogP contribution in [0.4, 0.5) is 5.69 Å². The Labute approximate surface area is 150 Å². The van der Waals surface area contributed by atoms with E-state index in [0.29, 0.717) is 29.3 Å². The van der Waals surface area contributed by atoms with Crippen molar-refractivity contribution in [2.24, 2.45) is 5.16 Å². The van der Waals surface area contributed by atoms with Crippen LogP contribution in [0.2, 0.25) is 0 Å². The van der Waals surface area contributed by atoms with Gasteiger partial charge in [-0.05, 0) is 23.8 Å². The summed E-state index contributed by atoms with van der Waals surface area (Å²) in [5.74, 6) is 0.624. The molecule has 4 rings (SSSR count). The Bertz CT molecular complexity index is 976. The number of amides is 1. The van der Waals surface area contributed by atoms with E-state index in [2.05, 4.69) is 15.5 Å². The van der Waals surface area contributed by atoms with Crippen LogP contribution in [-0.4, -0.2) is 16.6 Å². The number of rotatable bonds is 4. The van der Waals surface area contributed by atoms with Crippen molar-refractivity contribution in [1.82, 2.24) is 4.98 Å². The van der Waals surface area contributed by atoms with Crippen molar-refractivity contribution >= 4 is 28.4 Å². The number of hydrogen-bond acceptors (Lipinski definition) is 5. The van der Waals surface area contributed by atoms with Crippen molar-refractivity contribution in [1.29, 1.82) is 0 Å². The summed E-state index contributed by atoms with van der Waals surface area (Å²) in [7, 11) is 0. The summed E-state index contributed by atoms with van der Waals surface area (Å²) in [6.45, 7) is 4.05. The van der Waals surface area contributed by atoms with E-state index in [1.807, 2.05) is 50.2 Å². The number of nitrogens with one attached hydrogen (secondary N) is 1. The van der Waals surface area contributed by atoms with Gasteiger partial charge in [-0.2, -0.15) is 0 Å². The standard InChI is InChI=1S/C20H19N3O3/c1-12(2)20-22-15-10-14(8-9-17(15)25-20)21-19(24)16-11-18(26-23-16)13-6-4-3-5-7-13/h3-10,12,18H,11H2,1-2H3,(H,21,24). The van der Waals surface area contributed by atoms with Gasteiger partial charge < -0.3 is 14.6 Å². The van der Waals surface area contributed by atoms with E-state index in [4.69, 9.17) is 9.25 Å². The Kier molecular flexibility index (Phi) is 4.16. The number of fused-ring (bicyclic) bond motifs is 1. The van der Waals surface area contributed by atoms with Crippen LogP contribution in [0.1, 0.15) is 43.7 Å². The first kappa shape index (κ1) is 16.3. The second-order valence-electron chi connectivity index (χ2n) is 6.59. The Morgan fingerprint density at radius 2 is 2.00 bits per heavy atom. The van der Waals surface area contributed by atoms with Crippen molar-refractivity contribution in [3.63, 3.8) is 0 Å². The number of hydrogen-bond donors (Lipinski definition) is 1. The highest BCUT2D eigenvalue weighted by Crippen LogP contribution is 2.28. The zero-order valence-electron chi connectivity index (χ0n) is 14.6. The van der Waals surface area contributed by atoms with Crippen LogP contribution in [0.5, 0.6) is 0 Å².